The highest BCUT2D eigenvalue weighted by atomic mass is 32.2. The Morgan fingerprint density at radius 1 is 0.970 bits per heavy atom. The summed E-state index contributed by atoms with van der Waals surface area (Å²) in [7, 11) is -4.03. The van der Waals surface area contributed by atoms with Crippen LogP contribution in [0.4, 0.5) is 15.8 Å². The van der Waals surface area contributed by atoms with Crippen LogP contribution in [0.15, 0.2) is 71.9 Å². The number of tetrazole rings is 1. The van der Waals surface area contributed by atoms with Gasteiger partial charge in [0.15, 0.2) is 0 Å². The number of sulfonamides is 1. The van der Waals surface area contributed by atoms with Crippen molar-refractivity contribution in [1.29, 1.82) is 0 Å². The lowest BCUT2D eigenvalue weighted by Crippen LogP contribution is -2.15. The third-order valence-corrected chi connectivity index (χ3v) is 6.27. The SMILES string of the molecule is Cc1ccc(S(=O)(=O)Nc2cccc(C(=O)Nc3ccc(C)c(-n4cnnn4)c3)c2)cc1F. The minimum Gasteiger partial charge on any atom is -0.322 e. The van der Waals surface area contributed by atoms with Crippen LogP contribution < -0.4 is 10.0 Å². The molecule has 1 amide bonds. The quantitative estimate of drug-likeness (QED) is 0.449. The number of halogens is 1. The summed E-state index contributed by atoms with van der Waals surface area (Å²) >= 11 is 0. The Labute approximate surface area is 189 Å². The second kappa shape index (κ2) is 8.79. The molecule has 0 fully saturated rings. The van der Waals surface area contributed by atoms with Crippen molar-refractivity contribution in [3.8, 4) is 5.69 Å². The molecule has 0 radical (unpaired) electrons. The van der Waals surface area contributed by atoms with Gasteiger partial charge in [-0.2, -0.15) is 0 Å². The smallest absolute Gasteiger partial charge is 0.261 e. The van der Waals surface area contributed by atoms with Gasteiger partial charge in [-0.3, -0.25) is 9.52 Å². The lowest BCUT2D eigenvalue weighted by atomic mass is 10.1. The summed E-state index contributed by atoms with van der Waals surface area (Å²) in [6.45, 7) is 3.43. The summed E-state index contributed by atoms with van der Waals surface area (Å²) in [4.78, 5) is 12.6. The predicted molar refractivity (Wildman–Crippen MR) is 120 cm³/mol. The van der Waals surface area contributed by atoms with Crippen LogP contribution in [0.25, 0.3) is 5.69 Å². The van der Waals surface area contributed by atoms with E-state index in [0.717, 1.165) is 11.6 Å². The number of carbonyl (C=O) groups excluding carboxylic acids is 1. The highest BCUT2D eigenvalue weighted by Crippen LogP contribution is 2.22. The van der Waals surface area contributed by atoms with Crippen LogP contribution in [-0.2, 0) is 10.0 Å². The Hall–Kier alpha value is -4.12. The number of aromatic nitrogens is 4. The van der Waals surface area contributed by atoms with E-state index in [1.807, 2.05) is 13.0 Å². The van der Waals surface area contributed by atoms with Gasteiger partial charge in [0.25, 0.3) is 15.9 Å². The van der Waals surface area contributed by atoms with Crippen LogP contribution in [0, 0.1) is 19.7 Å². The van der Waals surface area contributed by atoms with Crippen LogP contribution in [0.3, 0.4) is 0 Å². The number of nitrogens with one attached hydrogen (secondary N) is 2. The minimum absolute atomic E-state index is 0.168. The third kappa shape index (κ3) is 4.88. The molecule has 0 saturated carbocycles. The zero-order chi connectivity index (χ0) is 23.6. The number of carbonyl (C=O) groups is 1. The lowest BCUT2D eigenvalue weighted by Gasteiger charge is -2.12. The number of nitrogens with zero attached hydrogens (tertiary/aromatic N) is 4. The molecular weight excluding hydrogens is 447 g/mol. The molecule has 11 heteroatoms. The average Bonchev–Trinajstić information content (AvgIpc) is 3.31. The molecule has 0 atom stereocenters. The van der Waals surface area contributed by atoms with Crippen molar-refractivity contribution in [2.24, 2.45) is 0 Å². The molecule has 168 valence electrons. The fourth-order valence-corrected chi connectivity index (χ4v) is 4.15. The Morgan fingerprint density at radius 2 is 1.76 bits per heavy atom. The second-order valence-corrected chi connectivity index (χ2v) is 8.99. The molecule has 0 aliphatic carbocycles. The highest BCUT2D eigenvalue weighted by Gasteiger charge is 2.17. The van der Waals surface area contributed by atoms with Gasteiger partial charge in [-0.1, -0.05) is 18.2 Å². The molecule has 9 nitrogen and oxygen atoms in total. The zero-order valence-electron chi connectivity index (χ0n) is 17.7. The third-order valence-electron chi connectivity index (χ3n) is 4.89. The molecule has 0 bridgehead atoms. The predicted octanol–water partition coefficient (Wildman–Crippen LogP) is 3.47. The first kappa shape index (κ1) is 22.1. The number of rotatable bonds is 6. The van der Waals surface area contributed by atoms with Gasteiger partial charge in [0.2, 0.25) is 0 Å². The monoisotopic (exact) mass is 466 g/mol. The highest BCUT2D eigenvalue weighted by molar-refractivity contribution is 7.92. The van der Waals surface area contributed by atoms with E-state index < -0.39 is 21.7 Å². The first-order valence-corrected chi connectivity index (χ1v) is 11.3. The Morgan fingerprint density at radius 3 is 2.48 bits per heavy atom. The topological polar surface area (TPSA) is 119 Å². The van der Waals surface area contributed by atoms with Crippen LogP contribution >= 0.6 is 0 Å². The van der Waals surface area contributed by atoms with Crippen molar-refractivity contribution >= 4 is 27.3 Å². The van der Waals surface area contributed by atoms with Gasteiger partial charge < -0.3 is 5.32 Å². The number of aryl methyl sites for hydroxylation is 2. The summed E-state index contributed by atoms with van der Waals surface area (Å²) in [6, 6.07) is 14.9. The standard InChI is InChI=1S/C22H19FN6O3S/c1-14-7-9-19(12-20(14)23)33(31,32)26-18-5-3-4-16(10-18)22(30)25-17-8-6-15(2)21(11-17)29-13-24-27-28-29/h3-13,26H,1-2H3,(H,25,30). The second-order valence-electron chi connectivity index (χ2n) is 7.31. The van der Waals surface area contributed by atoms with Gasteiger partial charge in [0.05, 0.1) is 10.6 Å². The van der Waals surface area contributed by atoms with E-state index in [0.29, 0.717) is 16.9 Å². The fraction of sp³-hybridized carbons (Fsp3) is 0.0909. The number of hydrogen-bond acceptors (Lipinski definition) is 6. The van der Waals surface area contributed by atoms with Gasteiger partial charge in [0, 0.05) is 16.9 Å². The van der Waals surface area contributed by atoms with Crippen LogP contribution in [-0.4, -0.2) is 34.5 Å². The van der Waals surface area contributed by atoms with Crippen molar-refractivity contribution in [2.45, 2.75) is 18.7 Å². The Kier molecular flexibility index (Phi) is 5.88. The van der Waals surface area contributed by atoms with Gasteiger partial charge in [-0.15, -0.1) is 5.10 Å². The van der Waals surface area contributed by atoms with Crippen molar-refractivity contribution in [2.75, 3.05) is 10.0 Å². The van der Waals surface area contributed by atoms with Gasteiger partial charge in [-0.25, -0.2) is 17.5 Å². The summed E-state index contributed by atoms with van der Waals surface area (Å²) in [5.74, 6) is -1.06. The Bertz CT molecular complexity index is 1440. The summed E-state index contributed by atoms with van der Waals surface area (Å²) < 4.78 is 42.9. The maximum absolute atomic E-state index is 13.8. The van der Waals surface area contributed by atoms with Crippen LogP contribution in [0.2, 0.25) is 0 Å². The molecule has 33 heavy (non-hydrogen) atoms. The van der Waals surface area contributed by atoms with Crippen LogP contribution in [0.5, 0.6) is 0 Å². The van der Waals surface area contributed by atoms with Crippen LogP contribution in [0.1, 0.15) is 21.5 Å². The van der Waals surface area contributed by atoms with E-state index >= 15 is 0 Å². The minimum atomic E-state index is -4.03. The molecule has 0 unspecified atom stereocenters. The molecule has 1 heterocycles. The first-order valence-electron chi connectivity index (χ1n) is 9.77. The summed E-state index contributed by atoms with van der Waals surface area (Å²) in [5.41, 5.74) is 2.86. The molecule has 4 rings (SSSR count). The van der Waals surface area contributed by atoms with Crippen molar-refractivity contribution < 1.29 is 17.6 Å². The number of benzene rings is 3. The molecule has 3 aromatic carbocycles. The maximum Gasteiger partial charge on any atom is 0.261 e. The molecule has 0 spiro atoms. The van der Waals surface area contributed by atoms with Gasteiger partial charge in [0.1, 0.15) is 12.1 Å². The molecule has 1 aromatic heterocycles. The van der Waals surface area contributed by atoms with Crippen molar-refractivity contribution in [1.82, 2.24) is 20.2 Å². The molecule has 0 saturated heterocycles. The molecule has 4 aromatic rings. The average molecular weight is 466 g/mol. The van der Waals surface area contributed by atoms with E-state index in [2.05, 4.69) is 25.6 Å². The largest absolute Gasteiger partial charge is 0.322 e. The Balaban J connectivity index is 1.54. The number of anilines is 2. The van der Waals surface area contributed by atoms with E-state index in [1.165, 1.54) is 35.3 Å². The van der Waals surface area contributed by atoms with Crippen molar-refractivity contribution in [3.63, 3.8) is 0 Å². The maximum atomic E-state index is 13.8. The molecular formula is C22H19FN6O3S. The summed E-state index contributed by atoms with van der Waals surface area (Å²) in [5, 5.41) is 13.9. The summed E-state index contributed by atoms with van der Waals surface area (Å²) in [6.07, 6.45) is 1.45. The first-order chi connectivity index (χ1) is 15.7. The zero-order valence-corrected chi connectivity index (χ0v) is 18.5. The normalized spacial score (nSPS) is 11.2. The van der Waals surface area contributed by atoms with Gasteiger partial charge in [-0.05, 0) is 77.9 Å². The van der Waals surface area contributed by atoms with E-state index in [4.69, 9.17) is 0 Å². The van der Waals surface area contributed by atoms with E-state index in [-0.39, 0.29) is 16.1 Å². The van der Waals surface area contributed by atoms with Gasteiger partial charge >= 0.3 is 0 Å². The van der Waals surface area contributed by atoms with Crippen molar-refractivity contribution in [3.05, 3.63) is 89.5 Å². The molecule has 2 N–H and O–H groups in total. The number of amides is 1. The molecule has 0 aliphatic heterocycles. The number of hydrogen-bond donors (Lipinski definition) is 2. The lowest BCUT2D eigenvalue weighted by molar-refractivity contribution is 0.102. The molecule has 0 aliphatic rings. The fourth-order valence-electron chi connectivity index (χ4n) is 3.09. The van der Waals surface area contributed by atoms with E-state index in [9.17, 15) is 17.6 Å². The van der Waals surface area contributed by atoms with E-state index in [1.54, 1.807) is 31.2 Å².